The molecule has 7 nitrogen and oxygen atoms in total. The van der Waals surface area contributed by atoms with Gasteiger partial charge in [-0.05, 0) is 36.2 Å². The van der Waals surface area contributed by atoms with Gasteiger partial charge < -0.3 is 10.6 Å². The van der Waals surface area contributed by atoms with E-state index in [9.17, 15) is 0 Å². The van der Waals surface area contributed by atoms with Gasteiger partial charge >= 0.3 is 0 Å². The highest BCUT2D eigenvalue weighted by Crippen LogP contribution is 2.09. The van der Waals surface area contributed by atoms with Crippen molar-refractivity contribution in [1.82, 2.24) is 30.2 Å². The molecule has 0 amide bonds. The molecule has 0 atom stereocenters. The van der Waals surface area contributed by atoms with Crippen LogP contribution in [0.4, 0.5) is 0 Å². The lowest BCUT2D eigenvalue weighted by atomic mass is 10.2. The molecule has 0 radical (unpaired) electrons. The van der Waals surface area contributed by atoms with E-state index in [4.69, 9.17) is 0 Å². The number of aryl methyl sites for hydroxylation is 1. The van der Waals surface area contributed by atoms with Crippen LogP contribution in [0.5, 0.6) is 0 Å². The summed E-state index contributed by atoms with van der Waals surface area (Å²) in [4.78, 5) is 4.26. The third-order valence-electron chi connectivity index (χ3n) is 3.78. The average molecular weight is 337 g/mol. The summed E-state index contributed by atoms with van der Waals surface area (Å²) >= 11 is 0. The van der Waals surface area contributed by atoms with Gasteiger partial charge in [-0.15, -0.1) is 0 Å². The van der Waals surface area contributed by atoms with E-state index in [1.165, 1.54) is 5.56 Å². The minimum Gasteiger partial charge on any atom is -0.356 e. The molecular formula is C18H23N7. The molecule has 130 valence electrons. The van der Waals surface area contributed by atoms with E-state index in [0.29, 0.717) is 6.54 Å². The summed E-state index contributed by atoms with van der Waals surface area (Å²) in [6.07, 6.45) is 8.47. The Morgan fingerprint density at radius 3 is 2.72 bits per heavy atom. The zero-order valence-electron chi connectivity index (χ0n) is 14.3. The van der Waals surface area contributed by atoms with E-state index in [-0.39, 0.29) is 0 Å². The van der Waals surface area contributed by atoms with Gasteiger partial charge in [-0.3, -0.25) is 9.67 Å². The third kappa shape index (κ3) is 4.94. The predicted octanol–water partition coefficient (Wildman–Crippen LogP) is 1.82. The van der Waals surface area contributed by atoms with Gasteiger partial charge in [-0.25, -0.2) is 4.68 Å². The Labute approximate surface area is 147 Å². The summed E-state index contributed by atoms with van der Waals surface area (Å²) in [7, 11) is 1.78. The van der Waals surface area contributed by atoms with E-state index in [2.05, 4.69) is 38.0 Å². The minimum atomic E-state index is 0.702. The summed E-state index contributed by atoms with van der Waals surface area (Å²) in [5.41, 5.74) is 2.22. The van der Waals surface area contributed by atoms with E-state index in [0.717, 1.165) is 31.2 Å². The first kappa shape index (κ1) is 16.8. The Bertz CT molecular complexity index is 776. The highest BCUT2D eigenvalue weighted by atomic mass is 15.3. The minimum absolute atomic E-state index is 0.702. The molecule has 0 aliphatic heterocycles. The van der Waals surface area contributed by atoms with Crippen molar-refractivity contribution in [2.24, 2.45) is 4.99 Å². The van der Waals surface area contributed by atoms with Crippen LogP contribution in [-0.4, -0.2) is 39.1 Å². The zero-order chi connectivity index (χ0) is 17.3. The van der Waals surface area contributed by atoms with Crippen LogP contribution in [0.25, 0.3) is 5.69 Å². The molecule has 0 aliphatic carbocycles. The number of rotatable bonds is 7. The number of nitrogens with zero attached hydrogens (tertiary/aromatic N) is 5. The molecule has 3 rings (SSSR count). The lowest BCUT2D eigenvalue weighted by Crippen LogP contribution is -2.37. The van der Waals surface area contributed by atoms with Crippen LogP contribution in [0.15, 0.2) is 66.2 Å². The summed E-state index contributed by atoms with van der Waals surface area (Å²) in [5.74, 6) is 0.796. The number of benzene rings is 1. The van der Waals surface area contributed by atoms with Crippen molar-refractivity contribution in [2.75, 3.05) is 13.6 Å². The molecule has 0 fully saturated rings. The van der Waals surface area contributed by atoms with Crippen molar-refractivity contribution in [1.29, 1.82) is 0 Å². The second-order valence-corrected chi connectivity index (χ2v) is 5.60. The molecule has 0 spiro atoms. The van der Waals surface area contributed by atoms with Crippen molar-refractivity contribution >= 4 is 5.96 Å². The van der Waals surface area contributed by atoms with Crippen molar-refractivity contribution in [3.05, 3.63) is 66.7 Å². The maximum atomic E-state index is 4.26. The van der Waals surface area contributed by atoms with Crippen molar-refractivity contribution in [2.45, 2.75) is 19.5 Å². The summed E-state index contributed by atoms with van der Waals surface area (Å²) < 4.78 is 3.78. The highest BCUT2D eigenvalue weighted by molar-refractivity contribution is 5.79. The summed E-state index contributed by atoms with van der Waals surface area (Å²) in [6.45, 7) is 2.43. The van der Waals surface area contributed by atoms with Crippen LogP contribution < -0.4 is 10.6 Å². The van der Waals surface area contributed by atoms with Gasteiger partial charge in [-0.2, -0.15) is 10.2 Å². The Kier molecular flexibility index (Phi) is 5.82. The molecule has 1 aromatic carbocycles. The smallest absolute Gasteiger partial charge is 0.191 e. The molecule has 0 saturated heterocycles. The van der Waals surface area contributed by atoms with Gasteiger partial charge in [-0.1, -0.05) is 12.1 Å². The standard InChI is InChI=1S/C18H23N7/c1-19-18(20-8-3-11-24-12-4-9-22-24)21-15-16-6-2-7-17(14-16)25-13-5-10-23-25/h2,4-7,9-10,12-14H,3,8,11,15H2,1H3,(H2,19,20,21). The fraction of sp³-hybridized carbons (Fsp3) is 0.278. The number of aromatic nitrogens is 4. The molecule has 7 heteroatoms. The normalized spacial score (nSPS) is 11.5. The number of hydrogen-bond acceptors (Lipinski definition) is 3. The topological polar surface area (TPSA) is 72.1 Å². The second-order valence-electron chi connectivity index (χ2n) is 5.60. The van der Waals surface area contributed by atoms with E-state index >= 15 is 0 Å². The zero-order valence-corrected chi connectivity index (χ0v) is 14.3. The number of nitrogens with one attached hydrogen (secondary N) is 2. The molecule has 0 aliphatic rings. The first-order valence-electron chi connectivity index (χ1n) is 8.36. The average Bonchev–Trinajstić information content (AvgIpc) is 3.35. The quantitative estimate of drug-likeness (QED) is 0.392. The first-order valence-corrected chi connectivity index (χ1v) is 8.36. The van der Waals surface area contributed by atoms with Crippen LogP contribution in [-0.2, 0) is 13.1 Å². The molecular weight excluding hydrogens is 314 g/mol. The summed E-state index contributed by atoms with van der Waals surface area (Å²) in [5, 5.41) is 15.1. The van der Waals surface area contributed by atoms with Gasteiger partial charge in [0.2, 0.25) is 0 Å². The molecule has 0 unspecified atom stereocenters. The number of aliphatic imine (C=N–C) groups is 1. The van der Waals surface area contributed by atoms with Gasteiger partial charge in [0.1, 0.15) is 0 Å². The Morgan fingerprint density at radius 1 is 1.08 bits per heavy atom. The monoisotopic (exact) mass is 337 g/mol. The van der Waals surface area contributed by atoms with Crippen LogP contribution in [0.3, 0.4) is 0 Å². The maximum absolute atomic E-state index is 4.26. The van der Waals surface area contributed by atoms with Gasteiger partial charge in [0.15, 0.2) is 5.96 Å². The molecule has 2 aromatic heterocycles. The van der Waals surface area contributed by atoms with Crippen molar-refractivity contribution < 1.29 is 0 Å². The van der Waals surface area contributed by atoms with Crippen molar-refractivity contribution in [3.63, 3.8) is 0 Å². The van der Waals surface area contributed by atoms with Crippen LogP contribution in [0.2, 0.25) is 0 Å². The molecule has 0 bridgehead atoms. The predicted molar refractivity (Wildman–Crippen MR) is 98.6 cm³/mol. The Morgan fingerprint density at radius 2 is 1.96 bits per heavy atom. The molecule has 0 saturated carbocycles. The Hall–Kier alpha value is -3.09. The van der Waals surface area contributed by atoms with Gasteiger partial charge in [0.05, 0.1) is 5.69 Å². The Balaban J connectivity index is 1.45. The van der Waals surface area contributed by atoms with Gasteiger partial charge in [0, 0.05) is 51.5 Å². The van der Waals surface area contributed by atoms with Gasteiger partial charge in [0.25, 0.3) is 0 Å². The molecule has 25 heavy (non-hydrogen) atoms. The highest BCUT2D eigenvalue weighted by Gasteiger charge is 2.01. The van der Waals surface area contributed by atoms with Crippen LogP contribution in [0.1, 0.15) is 12.0 Å². The molecule has 2 heterocycles. The SMILES string of the molecule is CN=C(NCCCn1cccn1)NCc1cccc(-n2cccn2)c1. The third-order valence-corrected chi connectivity index (χ3v) is 3.78. The molecule has 2 N–H and O–H groups in total. The lowest BCUT2D eigenvalue weighted by molar-refractivity contribution is 0.570. The second kappa shape index (κ2) is 8.68. The summed E-state index contributed by atoms with van der Waals surface area (Å²) in [6, 6.07) is 12.1. The van der Waals surface area contributed by atoms with Crippen molar-refractivity contribution in [3.8, 4) is 5.69 Å². The van der Waals surface area contributed by atoms with Crippen LogP contribution >= 0.6 is 0 Å². The lowest BCUT2D eigenvalue weighted by Gasteiger charge is -2.12. The fourth-order valence-corrected chi connectivity index (χ4v) is 2.52. The largest absolute Gasteiger partial charge is 0.356 e. The number of hydrogen-bond donors (Lipinski definition) is 2. The van der Waals surface area contributed by atoms with Crippen LogP contribution in [0, 0.1) is 0 Å². The van der Waals surface area contributed by atoms with E-state index in [1.807, 2.05) is 46.0 Å². The molecule has 3 aromatic rings. The number of guanidine groups is 1. The maximum Gasteiger partial charge on any atom is 0.191 e. The van der Waals surface area contributed by atoms with E-state index < -0.39 is 0 Å². The fourth-order valence-electron chi connectivity index (χ4n) is 2.52. The van der Waals surface area contributed by atoms with E-state index in [1.54, 1.807) is 19.4 Å². The first-order chi connectivity index (χ1) is 12.3.